The Morgan fingerprint density at radius 3 is 2.52 bits per heavy atom. The summed E-state index contributed by atoms with van der Waals surface area (Å²) in [6, 6.07) is 12.6. The number of ether oxygens (including phenoxy) is 1. The van der Waals surface area contributed by atoms with E-state index < -0.39 is 17.8 Å². The Bertz CT molecular complexity index is 1140. The van der Waals surface area contributed by atoms with Crippen LogP contribution >= 0.6 is 0 Å². The van der Waals surface area contributed by atoms with Crippen LogP contribution in [0.25, 0.3) is 17.0 Å². The Morgan fingerprint density at radius 2 is 1.76 bits per heavy atom. The standard InChI is InChI=1S/C21H16FN3O4/c22-14-4-3-5-15(11-14)29-9-8-25-12-13(16-6-1-2-7-18(16)25)10-17-19(26)23-21(28)24-20(17)27/h1-7,10-12H,8-9H2,(H2,23,24,26,27,28). The summed E-state index contributed by atoms with van der Waals surface area (Å²) in [5.41, 5.74) is 1.39. The van der Waals surface area contributed by atoms with Crippen molar-refractivity contribution < 1.29 is 23.5 Å². The van der Waals surface area contributed by atoms with Crippen LogP contribution < -0.4 is 15.4 Å². The summed E-state index contributed by atoms with van der Waals surface area (Å²) in [4.78, 5) is 35.2. The van der Waals surface area contributed by atoms with E-state index in [0.717, 1.165) is 10.9 Å². The lowest BCUT2D eigenvalue weighted by Gasteiger charge is -2.13. The summed E-state index contributed by atoms with van der Waals surface area (Å²) in [6.07, 6.45) is 3.24. The van der Waals surface area contributed by atoms with Crippen LogP contribution in [0.15, 0.2) is 60.3 Å². The molecule has 0 atom stereocenters. The molecule has 3 aromatic rings. The molecule has 8 heteroatoms. The van der Waals surface area contributed by atoms with Gasteiger partial charge in [0, 0.05) is 28.7 Å². The van der Waals surface area contributed by atoms with E-state index in [0.29, 0.717) is 24.5 Å². The van der Waals surface area contributed by atoms with Gasteiger partial charge in [0.25, 0.3) is 11.8 Å². The van der Waals surface area contributed by atoms with Gasteiger partial charge in [0.2, 0.25) is 0 Å². The molecule has 0 radical (unpaired) electrons. The van der Waals surface area contributed by atoms with Crippen molar-refractivity contribution in [3.05, 3.63) is 71.7 Å². The van der Waals surface area contributed by atoms with Crippen LogP contribution in [0.1, 0.15) is 5.56 Å². The van der Waals surface area contributed by atoms with Crippen molar-refractivity contribution >= 4 is 34.8 Å². The highest BCUT2D eigenvalue weighted by Crippen LogP contribution is 2.24. The van der Waals surface area contributed by atoms with Crippen molar-refractivity contribution in [3.63, 3.8) is 0 Å². The Hall–Kier alpha value is -3.94. The molecule has 0 saturated carbocycles. The normalized spacial score (nSPS) is 14.0. The van der Waals surface area contributed by atoms with Gasteiger partial charge in [0.15, 0.2) is 0 Å². The zero-order chi connectivity index (χ0) is 20.4. The quantitative estimate of drug-likeness (QED) is 0.515. The summed E-state index contributed by atoms with van der Waals surface area (Å²) in [5, 5.41) is 4.95. The lowest BCUT2D eigenvalue weighted by Crippen LogP contribution is -2.51. The van der Waals surface area contributed by atoms with Gasteiger partial charge in [-0.3, -0.25) is 20.2 Å². The molecule has 2 N–H and O–H groups in total. The van der Waals surface area contributed by atoms with Gasteiger partial charge in [-0.15, -0.1) is 0 Å². The highest BCUT2D eigenvalue weighted by molar-refractivity contribution is 6.31. The smallest absolute Gasteiger partial charge is 0.328 e. The molecular formula is C21H16FN3O4. The number of benzene rings is 2. The van der Waals surface area contributed by atoms with Crippen molar-refractivity contribution in [1.82, 2.24) is 15.2 Å². The highest BCUT2D eigenvalue weighted by atomic mass is 19.1. The fraction of sp³-hybridized carbons (Fsp3) is 0.0952. The van der Waals surface area contributed by atoms with E-state index in [4.69, 9.17) is 4.74 Å². The Balaban J connectivity index is 1.60. The van der Waals surface area contributed by atoms with Crippen LogP contribution in [0, 0.1) is 5.82 Å². The van der Waals surface area contributed by atoms with Gasteiger partial charge in [-0.25, -0.2) is 9.18 Å². The number of imide groups is 2. The SMILES string of the molecule is O=C1NC(=O)C(=Cc2cn(CCOc3cccc(F)c3)c3ccccc23)C(=O)N1. The topological polar surface area (TPSA) is 89.4 Å². The summed E-state index contributed by atoms with van der Waals surface area (Å²) in [7, 11) is 0. The Morgan fingerprint density at radius 1 is 1.00 bits per heavy atom. The van der Waals surface area contributed by atoms with Gasteiger partial charge in [-0.1, -0.05) is 24.3 Å². The van der Waals surface area contributed by atoms with Gasteiger partial charge in [0.05, 0.1) is 6.54 Å². The van der Waals surface area contributed by atoms with Gasteiger partial charge < -0.3 is 9.30 Å². The number of halogens is 1. The summed E-state index contributed by atoms with van der Waals surface area (Å²) in [5.74, 6) is -1.43. The van der Waals surface area contributed by atoms with Gasteiger partial charge in [-0.2, -0.15) is 0 Å². The fourth-order valence-corrected chi connectivity index (χ4v) is 3.16. The number of carbonyl (C=O) groups is 3. The van der Waals surface area contributed by atoms with E-state index in [9.17, 15) is 18.8 Å². The Labute approximate surface area is 164 Å². The molecule has 2 aromatic carbocycles. The van der Waals surface area contributed by atoms with E-state index >= 15 is 0 Å². The average molecular weight is 393 g/mol. The minimum absolute atomic E-state index is 0.150. The van der Waals surface area contributed by atoms with Gasteiger partial charge in [-0.05, 0) is 24.3 Å². The second kappa shape index (κ2) is 7.59. The highest BCUT2D eigenvalue weighted by Gasteiger charge is 2.28. The number of urea groups is 1. The summed E-state index contributed by atoms with van der Waals surface area (Å²) < 4.78 is 20.8. The number of rotatable bonds is 5. The van der Waals surface area contributed by atoms with Crippen LogP contribution in [-0.4, -0.2) is 29.0 Å². The van der Waals surface area contributed by atoms with Crippen molar-refractivity contribution in [2.75, 3.05) is 6.61 Å². The van der Waals surface area contributed by atoms with Gasteiger partial charge >= 0.3 is 6.03 Å². The zero-order valence-electron chi connectivity index (χ0n) is 15.1. The molecule has 7 nitrogen and oxygen atoms in total. The molecule has 146 valence electrons. The molecule has 1 aliphatic rings. The third-order valence-electron chi connectivity index (χ3n) is 4.46. The second-order valence-corrected chi connectivity index (χ2v) is 6.40. The van der Waals surface area contributed by atoms with E-state index in [1.165, 1.54) is 18.2 Å². The molecule has 1 fully saturated rings. The second-order valence-electron chi connectivity index (χ2n) is 6.40. The minimum atomic E-state index is -0.839. The first-order valence-corrected chi connectivity index (χ1v) is 8.86. The number of nitrogens with one attached hydrogen (secondary N) is 2. The fourth-order valence-electron chi connectivity index (χ4n) is 3.16. The van der Waals surface area contributed by atoms with Crippen LogP contribution in [0.3, 0.4) is 0 Å². The number of para-hydroxylation sites is 1. The first kappa shape index (κ1) is 18.4. The lowest BCUT2D eigenvalue weighted by molar-refractivity contribution is -0.123. The maximum Gasteiger partial charge on any atom is 0.328 e. The van der Waals surface area contributed by atoms with Crippen LogP contribution in [0.4, 0.5) is 9.18 Å². The molecule has 1 aliphatic heterocycles. The molecule has 29 heavy (non-hydrogen) atoms. The monoisotopic (exact) mass is 393 g/mol. The predicted octanol–water partition coefficient (Wildman–Crippen LogP) is 2.61. The molecule has 4 amide bonds. The third kappa shape index (κ3) is 3.86. The number of hydrogen-bond donors (Lipinski definition) is 2. The van der Waals surface area contributed by atoms with Crippen LogP contribution in [0.5, 0.6) is 5.75 Å². The minimum Gasteiger partial charge on any atom is -0.492 e. The number of hydrogen-bond acceptors (Lipinski definition) is 4. The third-order valence-corrected chi connectivity index (χ3v) is 4.46. The molecule has 0 aliphatic carbocycles. The number of fused-ring (bicyclic) bond motifs is 1. The summed E-state index contributed by atoms with van der Waals surface area (Å²) >= 11 is 0. The van der Waals surface area contributed by atoms with Crippen molar-refractivity contribution in [2.45, 2.75) is 6.54 Å². The molecule has 0 spiro atoms. The number of carbonyl (C=O) groups excluding carboxylic acids is 3. The predicted molar refractivity (Wildman–Crippen MR) is 103 cm³/mol. The van der Waals surface area contributed by atoms with E-state index in [-0.39, 0.29) is 11.4 Å². The molecule has 2 heterocycles. The van der Waals surface area contributed by atoms with Crippen molar-refractivity contribution in [3.8, 4) is 5.75 Å². The zero-order valence-corrected chi connectivity index (χ0v) is 15.1. The van der Waals surface area contributed by atoms with Crippen LogP contribution in [0.2, 0.25) is 0 Å². The lowest BCUT2D eigenvalue weighted by atomic mass is 10.1. The average Bonchev–Trinajstić information content (AvgIpc) is 3.03. The van der Waals surface area contributed by atoms with Crippen molar-refractivity contribution in [2.24, 2.45) is 0 Å². The molecule has 0 bridgehead atoms. The molecule has 0 unspecified atom stereocenters. The van der Waals surface area contributed by atoms with E-state index in [1.54, 1.807) is 18.3 Å². The first-order valence-electron chi connectivity index (χ1n) is 8.86. The van der Waals surface area contributed by atoms with Crippen LogP contribution in [-0.2, 0) is 16.1 Å². The largest absolute Gasteiger partial charge is 0.492 e. The molecular weight excluding hydrogens is 377 g/mol. The Kier molecular flexibility index (Phi) is 4.82. The number of aromatic nitrogens is 1. The number of amides is 4. The van der Waals surface area contributed by atoms with E-state index in [1.807, 2.05) is 28.8 Å². The molecule has 1 saturated heterocycles. The maximum atomic E-state index is 13.3. The van der Waals surface area contributed by atoms with Gasteiger partial charge in [0.1, 0.15) is 23.7 Å². The van der Waals surface area contributed by atoms with Crippen molar-refractivity contribution in [1.29, 1.82) is 0 Å². The molecule has 4 rings (SSSR count). The number of barbiturate groups is 1. The van der Waals surface area contributed by atoms with E-state index in [2.05, 4.69) is 10.6 Å². The maximum absolute atomic E-state index is 13.3. The first-order chi connectivity index (χ1) is 14.0. The number of nitrogens with zero attached hydrogens (tertiary/aromatic N) is 1. The molecule has 1 aromatic heterocycles. The summed E-state index contributed by atoms with van der Waals surface area (Å²) in [6.45, 7) is 0.769.